The molecule has 0 aliphatic carbocycles. The van der Waals surface area contributed by atoms with Crippen molar-refractivity contribution in [2.75, 3.05) is 23.7 Å². The molecule has 0 saturated carbocycles. The second-order valence-electron chi connectivity index (χ2n) is 10.4. The number of hydrogen-bond acceptors (Lipinski definition) is 5. The molecule has 1 N–H and O–H groups in total. The van der Waals surface area contributed by atoms with Crippen LogP contribution in [0, 0.1) is 12.8 Å². The first-order valence-electron chi connectivity index (χ1n) is 13.6. The number of carbonyl (C=O) groups excluding carboxylic acids is 2. The number of benzene rings is 3. The van der Waals surface area contributed by atoms with E-state index < -0.39 is 28.5 Å². The van der Waals surface area contributed by atoms with Crippen LogP contribution in [0.1, 0.15) is 38.3 Å². The highest BCUT2D eigenvalue weighted by molar-refractivity contribution is 7.98. The highest BCUT2D eigenvalue weighted by Crippen LogP contribution is 2.28. The molecule has 0 spiro atoms. The van der Waals surface area contributed by atoms with Crippen molar-refractivity contribution in [3.8, 4) is 0 Å². The summed E-state index contributed by atoms with van der Waals surface area (Å²) in [4.78, 5) is 29.9. The van der Waals surface area contributed by atoms with Gasteiger partial charge in [0.1, 0.15) is 12.6 Å². The van der Waals surface area contributed by atoms with Crippen molar-refractivity contribution in [2.45, 2.75) is 56.5 Å². The second-order valence-corrected chi connectivity index (χ2v) is 13.9. The van der Waals surface area contributed by atoms with E-state index in [9.17, 15) is 18.0 Å². The fraction of sp³-hybridized carbons (Fsp3) is 0.355. The molecule has 226 valence electrons. The van der Waals surface area contributed by atoms with Crippen LogP contribution in [0.3, 0.4) is 0 Å². The van der Waals surface area contributed by atoms with Gasteiger partial charge in [-0.05, 0) is 79.6 Å². The van der Waals surface area contributed by atoms with Gasteiger partial charge in [-0.3, -0.25) is 13.9 Å². The zero-order chi connectivity index (χ0) is 31.0. The number of hydrogen-bond donors (Lipinski definition) is 1. The molecule has 7 nitrogen and oxygen atoms in total. The van der Waals surface area contributed by atoms with Crippen molar-refractivity contribution in [1.82, 2.24) is 10.2 Å². The van der Waals surface area contributed by atoms with Crippen LogP contribution >= 0.6 is 35.0 Å². The normalized spacial score (nSPS) is 12.2. The molecule has 1 atom stereocenters. The van der Waals surface area contributed by atoms with E-state index in [2.05, 4.69) is 5.32 Å². The topological polar surface area (TPSA) is 86.8 Å². The number of amides is 2. The molecule has 0 radical (unpaired) electrons. The second kappa shape index (κ2) is 15.1. The van der Waals surface area contributed by atoms with E-state index >= 15 is 0 Å². The number of anilines is 1. The van der Waals surface area contributed by atoms with Crippen molar-refractivity contribution in [3.63, 3.8) is 0 Å². The summed E-state index contributed by atoms with van der Waals surface area (Å²) in [6.45, 7) is 7.65. The van der Waals surface area contributed by atoms with E-state index in [4.69, 9.17) is 23.2 Å². The quantitative estimate of drug-likeness (QED) is 0.206. The summed E-state index contributed by atoms with van der Waals surface area (Å²) in [5.41, 5.74) is 1.95. The molecule has 3 aromatic rings. The van der Waals surface area contributed by atoms with Crippen LogP contribution in [0.25, 0.3) is 0 Å². The highest BCUT2D eigenvalue weighted by Gasteiger charge is 2.33. The Morgan fingerprint density at radius 3 is 2.14 bits per heavy atom. The third kappa shape index (κ3) is 8.66. The number of nitrogens with one attached hydrogen (secondary N) is 1. The summed E-state index contributed by atoms with van der Waals surface area (Å²) < 4.78 is 29.1. The molecule has 0 saturated heterocycles. The van der Waals surface area contributed by atoms with Crippen LogP contribution in [0.5, 0.6) is 0 Å². The molecule has 3 aromatic carbocycles. The Labute approximate surface area is 263 Å². The fourth-order valence-electron chi connectivity index (χ4n) is 4.29. The minimum atomic E-state index is -4.14. The molecule has 0 aromatic heterocycles. The Hall–Kier alpha value is -2.72. The average Bonchev–Trinajstić information content (AvgIpc) is 2.96. The minimum Gasteiger partial charge on any atom is -0.354 e. The third-order valence-corrected chi connectivity index (χ3v) is 9.93. The molecule has 2 amide bonds. The van der Waals surface area contributed by atoms with Crippen molar-refractivity contribution in [3.05, 3.63) is 87.9 Å². The summed E-state index contributed by atoms with van der Waals surface area (Å²) in [5, 5.41) is 3.60. The Kier molecular flexibility index (Phi) is 12.2. The number of nitrogens with zero attached hydrogens (tertiary/aromatic N) is 2. The lowest BCUT2D eigenvalue weighted by atomic mass is 10.1. The van der Waals surface area contributed by atoms with Gasteiger partial charge in [0, 0.05) is 18.0 Å². The number of rotatable bonds is 13. The molecule has 0 bridgehead atoms. The molecule has 0 unspecified atom stereocenters. The smallest absolute Gasteiger partial charge is 0.264 e. The van der Waals surface area contributed by atoms with Gasteiger partial charge < -0.3 is 10.2 Å². The van der Waals surface area contributed by atoms with Gasteiger partial charge in [0.05, 0.1) is 20.6 Å². The first-order valence-corrected chi connectivity index (χ1v) is 17.0. The van der Waals surface area contributed by atoms with E-state index in [0.29, 0.717) is 34.3 Å². The summed E-state index contributed by atoms with van der Waals surface area (Å²) in [6.07, 6.45) is 2.23. The monoisotopic (exact) mass is 649 g/mol. The van der Waals surface area contributed by atoms with Gasteiger partial charge in [-0.25, -0.2) is 8.42 Å². The minimum absolute atomic E-state index is 0.0353. The summed E-state index contributed by atoms with van der Waals surface area (Å²) in [5.74, 6) is -0.625. The maximum atomic E-state index is 14.1. The zero-order valence-electron chi connectivity index (χ0n) is 24.4. The van der Waals surface area contributed by atoms with E-state index in [1.165, 1.54) is 28.8 Å². The van der Waals surface area contributed by atoms with Gasteiger partial charge in [0.15, 0.2) is 0 Å². The Bertz CT molecular complexity index is 1480. The van der Waals surface area contributed by atoms with Crippen LogP contribution in [0.15, 0.2) is 76.5 Å². The van der Waals surface area contributed by atoms with Gasteiger partial charge in [-0.15, -0.1) is 11.8 Å². The van der Waals surface area contributed by atoms with Gasteiger partial charge >= 0.3 is 0 Å². The van der Waals surface area contributed by atoms with Crippen molar-refractivity contribution < 1.29 is 18.0 Å². The van der Waals surface area contributed by atoms with Crippen LogP contribution in [0.4, 0.5) is 5.69 Å². The van der Waals surface area contributed by atoms with Crippen LogP contribution < -0.4 is 9.62 Å². The lowest BCUT2D eigenvalue weighted by Gasteiger charge is -2.33. The number of carbonyl (C=O) groups is 2. The number of thioether (sulfide) groups is 1. The zero-order valence-corrected chi connectivity index (χ0v) is 27.6. The van der Waals surface area contributed by atoms with Gasteiger partial charge in [-0.1, -0.05) is 67.7 Å². The van der Waals surface area contributed by atoms with Crippen LogP contribution in [-0.4, -0.2) is 50.5 Å². The van der Waals surface area contributed by atoms with E-state index in [1.807, 2.05) is 34.0 Å². The van der Waals surface area contributed by atoms with Gasteiger partial charge in [-0.2, -0.15) is 0 Å². The van der Waals surface area contributed by atoms with Gasteiger partial charge in [0.2, 0.25) is 11.8 Å². The Morgan fingerprint density at radius 2 is 1.60 bits per heavy atom. The summed E-state index contributed by atoms with van der Waals surface area (Å²) >= 11 is 13.9. The van der Waals surface area contributed by atoms with E-state index in [-0.39, 0.29) is 23.3 Å². The van der Waals surface area contributed by atoms with E-state index in [0.717, 1.165) is 14.8 Å². The van der Waals surface area contributed by atoms with Crippen molar-refractivity contribution >= 4 is 62.5 Å². The maximum Gasteiger partial charge on any atom is 0.264 e. The number of halogens is 2. The molecule has 0 heterocycles. The number of sulfonamides is 1. The van der Waals surface area contributed by atoms with Crippen molar-refractivity contribution in [2.24, 2.45) is 5.92 Å². The molecule has 0 aliphatic rings. The standard InChI is InChI=1S/C31H37Cl2N3O4S2/c1-6-29(31(38)34-18-21(2)3)35(19-23-9-16-27(32)28(33)17-23)30(37)20-36(24-10-7-22(4)8-11-24)42(39,40)26-14-12-25(41-5)13-15-26/h7-17,21,29H,6,18-20H2,1-5H3,(H,34,38)/t29-/m1/s1. The molecule has 11 heteroatoms. The molecule has 0 aliphatic heterocycles. The van der Waals surface area contributed by atoms with E-state index in [1.54, 1.807) is 54.6 Å². The Balaban J connectivity index is 2.06. The first kappa shape index (κ1) is 33.8. The molecule has 3 rings (SSSR count). The van der Waals surface area contributed by atoms with Gasteiger partial charge in [0.25, 0.3) is 10.0 Å². The largest absolute Gasteiger partial charge is 0.354 e. The lowest BCUT2D eigenvalue weighted by molar-refractivity contribution is -0.140. The summed E-state index contributed by atoms with van der Waals surface area (Å²) in [6, 6.07) is 17.6. The first-order chi connectivity index (χ1) is 19.9. The third-order valence-electron chi connectivity index (χ3n) is 6.66. The highest BCUT2D eigenvalue weighted by atomic mass is 35.5. The van der Waals surface area contributed by atoms with Crippen LogP contribution in [-0.2, 0) is 26.2 Å². The molecule has 42 heavy (non-hydrogen) atoms. The molecular weight excluding hydrogens is 613 g/mol. The van der Waals surface area contributed by atoms with Crippen LogP contribution in [0.2, 0.25) is 10.0 Å². The maximum absolute atomic E-state index is 14.1. The fourth-order valence-corrected chi connectivity index (χ4v) is 6.43. The average molecular weight is 651 g/mol. The SMILES string of the molecule is CC[C@H](C(=O)NCC(C)C)N(Cc1ccc(Cl)c(Cl)c1)C(=O)CN(c1ccc(C)cc1)S(=O)(=O)c1ccc(SC)cc1. The summed E-state index contributed by atoms with van der Waals surface area (Å²) in [7, 11) is -4.14. The predicted octanol–water partition coefficient (Wildman–Crippen LogP) is 6.80. The molecule has 0 fully saturated rings. The predicted molar refractivity (Wildman–Crippen MR) is 173 cm³/mol. The number of aryl methyl sites for hydroxylation is 1. The lowest BCUT2D eigenvalue weighted by Crippen LogP contribution is -2.52. The Morgan fingerprint density at radius 1 is 0.952 bits per heavy atom. The van der Waals surface area contributed by atoms with Crippen molar-refractivity contribution in [1.29, 1.82) is 0 Å². The molecular formula is C31H37Cl2N3O4S2.